The van der Waals surface area contributed by atoms with Gasteiger partial charge >= 0.3 is 0 Å². The number of hydrogen-bond donors (Lipinski definition) is 2. The molecule has 0 saturated carbocycles. The third kappa shape index (κ3) is 5.54. The number of aliphatic hydroxyl groups is 1. The van der Waals surface area contributed by atoms with Gasteiger partial charge in [-0.15, -0.1) is 0 Å². The van der Waals surface area contributed by atoms with E-state index in [0.29, 0.717) is 17.0 Å². The van der Waals surface area contributed by atoms with Gasteiger partial charge in [-0.25, -0.2) is 0 Å². The quantitative estimate of drug-likeness (QED) is 0.785. The van der Waals surface area contributed by atoms with Crippen molar-refractivity contribution in [2.24, 2.45) is 5.92 Å². The highest BCUT2D eigenvalue weighted by Crippen LogP contribution is 2.09. The molecule has 5 heteroatoms. The molecule has 0 bridgehead atoms. The minimum absolute atomic E-state index is 0.0549. The molecule has 114 valence electrons. The molecule has 1 aromatic rings. The van der Waals surface area contributed by atoms with E-state index in [0.717, 1.165) is 6.54 Å². The summed E-state index contributed by atoms with van der Waals surface area (Å²) in [7, 11) is 3.96. The van der Waals surface area contributed by atoms with Crippen LogP contribution in [0.25, 0.3) is 0 Å². The van der Waals surface area contributed by atoms with E-state index in [1.165, 1.54) is 6.20 Å². The molecule has 0 fully saturated rings. The SMILES string of the molecule is CC(C)C(CN(C)C)NC(=O)c1ccncc1C#CCO. The predicted octanol–water partition coefficient (Wildman–Crippen LogP) is 0.741. The van der Waals surface area contributed by atoms with E-state index in [4.69, 9.17) is 5.11 Å². The Hall–Kier alpha value is -1.90. The lowest BCUT2D eigenvalue weighted by Crippen LogP contribution is -2.45. The summed E-state index contributed by atoms with van der Waals surface area (Å²) in [6.07, 6.45) is 3.10. The van der Waals surface area contributed by atoms with Crippen LogP contribution in [0, 0.1) is 17.8 Å². The number of aliphatic hydroxyl groups excluding tert-OH is 1. The van der Waals surface area contributed by atoms with E-state index >= 15 is 0 Å². The van der Waals surface area contributed by atoms with Gasteiger partial charge in [-0.3, -0.25) is 9.78 Å². The maximum Gasteiger partial charge on any atom is 0.252 e. The molecule has 0 spiro atoms. The summed E-state index contributed by atoms with van der Waals surface area (Å²) in [4.78, 5) is 18.5. The van der Waals surface area contributed by atoms with Crippen LogP contribution in [0.2, 0.25) is 0 Å². The topological polar surface area (TPSA) is 65.5 Å². The lowest BCUT2D eigenvalue weighted by Gasteiger charge is -2.25. The standard InChI is InChI=1S/C16H23N3O2/c1-12(2)15(11-19(3)4)18-16(21)14-7-8-17-10-13(14)6-5-9-20/h7-8,10,12,15,20H,9,11H2,1-4H3,(H,18,21). The second-order valence-corrected chi connectivity index (χ2v) is 5.47. The lowest BCUT2D eigenvalue weighted by atomic mass is 10.0. The second kappa shape index (κ2) is 8.40. The first-order chi connectivity index (χ1) is 9.95. The van der Waals surface area contributed by atoms with Gasteiger partial charge in [-0.1, -0.05) is 25.7 Å². The van der Waals surface area contributed by atoms with Crippen LogP contribution in [-0.4, -0.2) is 54.2 Å². The number of carbonyl (C=O) groups is 1. The summed E-state index contributed by atoms with van der Waals surface area (Å²) >= 11 is 0. The zero-order chi connectivity index (χ0) is 15.8. The monoisotopic (exact) mass is 289 g/mol. The molecule has 0 radical (unpaired) electrons. The molecule has 1 atom stereocenters. The molecule has 21 heavy (non-hydrogen) atoms. The summed E-state index contributed by atoms with van der Waals surface area (Å²) < 4.78 is 0. The van der Waals surface area contributed by atoms with Gasteiger partial charge in [-0.05, 0) is 26.1 Å². The van der Waals surface area contributed by atoms with Crippen LogP contribution in [-0.2, 0) is 0 Å². The number of carbonyl (C=O) groups excluding carboxylic acids is 1. The van der Waals surface area contributed by atoms with Crippen molar-refractivity contribution in [1.82, 2.24) is 15.2 Å². The Bertz CT molecular complexity index is 530. The lowest BCUT2D eigenvalue weighted by molar-refractivity contribution is 0.0916. The second-order valence-electron chi connectivity index (χ2n) is 5.47. The van der Waals surface area contributed by atoms with Crippen LogP contribution >= 0.6 is 0 Å². The van der Waals surface area contributed by atoms with Gasteiger partial charge in [0.2, 0.25) is 0 Å². The van der Waals surface area contributed by atoms with E-state index in [-0.39, 0.29) is 18.6 Å². The molecule has 2 N–H and O–H groups in total. The van der Waals surface area contributed by atoms with E-state index in [2.05, 4.69) is 36.0 Å². The summed E-state index contributed by atoms with van der Waals surface area (Å²) in [6, 6.07) is 1.70. The average molecular weight is 289 g/mol. The van der Waals surface area contributed by atoms with E-state index < -0.39 is 0 Å². The van der Waals surface area contributed by atoms with Crippen molar-refractivity contribution in [3.8, 4) is 11.8 Å². The summed E-state index contributed by atoms with van der Waals surface area (Å²) in [6.45, 7) is 4.68. The zero-order valence-electron chi connectivity index (χ0n) is 13.1. The number of pyridine rings is 1. The number of hydrogen-bond acceptors (Lipinski definition) is 4. The first kappa shape index (κ1) is 17.2. The number of likely N-dealkylation sites (N-methyl/N-ethyl adjacent to an activating group) is 1. The normalized spacial score (nSPS) is 12.0. The number of aromatic nitrogens is 1. The molecular formula is C16H23N3O2. The van der Waals surface area contributed by atoms with Gasteiger partial charge in [0.05, 0.1) is 11.1 Å². The minimum atomic E-state index is -0.245. The van der Waals surface area contributed by atoms with Crippen LogP contribution in [0.4, 0.5) is 0 Å². The summed E-state index contributed by atoms with van der Waals surface area (Å²) in [5.74, 6) is 5.46. The summed E-state index contributed by atoms with van der Waals surface area (Å²) in [5.41, 5.74) is 1.01. The Labute approximate surface area is 126 Å². The van der Waals surface area contributed by atoms with Crippen molar-refractivity contribution in [3.63, 3.8) is 0 Å². The maximum absolute atomic E-state index is 12.4. The fraction of sp³-hybridized carbons (Fsp3) is 0.500. The molecule has 0 aliphatic heterocycles. The van der Waals surface area contributed by atoms with Gasteiger partial charge in [0.15, 0.2) is 0 Å². The van der Waals surface area contributed by atoms with Gasteiger partial charge in [0.1, 0.15) is 6.61 Å². The van der Waals surface area contributed by atoms with Crippen LogP contribution in [0.5, 0.6) is 0 Å². The summed E-state index contributed by atoms with van der Waals surface area (Å²) in [5, 5.41) is 11.8. The highest BCUT2D eigenvalue weighted by molar-refractivity contribution is 5.96. The average Bonchev–Trinajstić information content (AvgIpc) is 2.44. The highest BCUT2D eigenvalue weighted by atomic mass is 16.2. The number of nitrogens with zero attached hydrogens (tertiary/aromatic N) is 2. The van der Waals surface area contributed by atoms with Gasteiger partial charge in [0, 0.05) is 25.0 Å². The Kier molecular flexibility index (Phi) is 6.86. The van der Waals surface area contributed by atoms with Crippen LogP contribution in [0.3, 0.4) is 0 Å². The molecule has 1 unspecified atom stereocenters. The van der Waals surface area contributed by atoms with E-state index in [1.807, 2.05) is 19.0 Å². The molecule has 0 aliphatic carbocycles. The predicted molar refractivity (Wildman–Crippen MR) is 82.8 cm³/mol. The first-order valence-electron chi connectivity index (χ1n) is 6.95. The minimum Gasteiger partial charge on any atom is -0.384 e. The molecule has 1 heterocycles. The third-order valence-corrected chi connectivity index (χ3v) is 3.05. The Morgan fingerprint density at radius 2 is 2.19 bits per heavy atom. The van der Waals surface area contributed by atoms with E-state index in [1.54, 1.807) is 12.3 Å². The maximum atomic E-state index is 12.4. The van der Waals surface area contributed by atoms with Crippen LogP contribution in [0.1, 0.15) is 29.8 Å². The molecule has 1 amide bonds. The molecule has 1 rings (SSSR count). The van der Waals surface area contributed by atoms with Crippen LogP contribution in [0.15, 0.2) is 18.5 Å². The van der Waals surface area contributed by atoms with Crippen molar-refractivity contribution in [3.05, 3.63) is 29.6 Å². The van der Waals surface area contributed by atoms with Crippen molar-refractivity contribution in [2.45, 2.75) is 19.9 Å². The molecular weight excluding hydrogens is 266 g/mol. The van der Waals surface area contributed by atoms with Gasteiger partial charge in [0.25, 0.3) is 5.91 Å². The number of rotatable bonds is 5. The third-order valence-electron chi connectivity index (χ3n) is 3.05. The highest BCUT2D eigenvalue weighted by Gasteiger charge is 2.19. The fourth-order valence-corrected chi connectivity index (χ4v) is 1.89. The van der Waals surface area contributed by atoms with Crippen molar-refractivity contribution in [1.29, 1.82) is 0 Å². The van der Waals surface area contributed by atoms with Crippen molar-refractivity contribution in [2.75, 3.05) is 27.2 Å². The molecule has 0 saturated heterocycles. The smallest absolute Gasteiger partial charge is 0.252 e. The largest absolute Gasteiger partial charge is 0.384 e. The molecule has 1 aromatic heterocycles. The van der Waals surface area contributed by atoms with Crippen molar-refractivity contribution < 1.29 is 9.90 Å². The Morgan fingerprint density at radius 1 is 1.48 bits per heavy atom. The molecule has 5 nitrogen and oxygen atoms in total. The van der Waals surface area contributed by atoms with Crippen LogP contribution < -0.4 is 5.32 Å². The van der Waals surface area contributed by atoms with E-state index in [9.17, 15) is 4.79 Å². The number of nitrogens with one attached hydrogen (secondary N) is 1. The zero-order valence-corrected chi connectivity index (χ0v) is 13.1. The fourth-order valence-electron chi connectivity index (χ4n) is 1.89. The van der Waals surface area contributed by atoms with Crippen molar-refractivity contribution >= 4 is 5.91 Å². The number of amides is 1. The first-order valence-corrected chi connectivity index (χ1v) is 6.95. The Balaban J connectivity index is 2.92. The van der Waals surface area contributed by atoms with Gasteiger partial charge < -0.3 is 15.3 Å². The molecule has 0 aromatic carbocycles. The Morgan fingerprint density at radius 3 is 2.76 bits per heavy atom. The molecule has 0 aliphatic rings. The van der Waals surface area contributed by atoms with Gasteiger partial charge in [-0.2, -0.15) is 0 Å².